The number of carbonyl (C=O) groups excluding carboxylic acids is 2. The van der Waals surface area contributed by atoms with Gasteiger partial charge in [0.05, 0.1) is 17.0 Å². The molecule has 0 saturated carbocycles. The molecular formula is C24H21N5O3S. The van der Waals surface area contributed by atoms with Crippen LogP contribution < -0.4 is 10.6 Å². The van der Waals surface area contributed by atoms with Crippen molar-refractivity contribution in [3.63, 3.8) is 0 Å². The van der Waals surface area contributed by atoms with Gasteiger partial charge in [0.1, 0.15) is 0 Å². The van der Waals surface area contributed by atoms with E-state index in [2.05, 4.69) is 25.8 Å². The average Bonchev–Trinajstić information content (AvgIpc) is 3.32. The van der Waals surface area contributed by atoms with Crippen molar-refractivity contribution in [1.82, 2.24) is 20.5 Å². The fourth-order valence-electron chi connectivity index (χ4n) is 2.97. The van der Waals surface area contributed by atoms with E-state index >= 15 is 0 Å². The van der Waals surface area contributed by atoms with Gasteiger partial charge in [-0.05, 0) is 36.8 Å². The van der Waals surface area contributed by atoms with Gasteiger partial charge in [-0.25, -0.2) is 0 Å². The summed E-state index contributed by atoms with van der Waals surface area (Å²) in [6.07, 6.45) is 3.27. The van der Waals surface area contributed by atoms with Gasteiger partial charge >= 0.3 is 0 Å². The molecule has 2 N–H and O–H groups in total. The van der Waals surface area contributed by atoms with Crippen LogP contribution in [0.5, 0.6) is 0 Å². The number of pyridine rings is 1. The van der Waals surface area contributed by atoms with E-state index in [1.807, 2.05) is 31.2 Å². The third kappa shape index (κ3) is 6.05. The fourth-order valence-corrected chi connectivity index (χ4v) is 3.53. The van der Waals surface area contributed by atoms with Crippen molar-refractivity contribution in [2.75, 3.05) is 11.1 Å². The number of rotatable bonds is 8. The van der Waals surface area contributed by atoms with Gasteiger partial charge in [-0.3, -0.25) is 14.6 Å². The molecule has 166 valence electrons. The number of benzene rings is 2. The summed E-state index contributed by atoms with van der Waals surface area (Å²) in [5.41, 5.74) is 3.73. The first-order valence-electron chi connectivity index (χ1n) is 10.2. The molecule has 0 spiro atoms. The van der Waals surface area contributed by atoms with E-state index in [1.54, 1.807) is 48.8 Å². The number of thioether (sulfide) groups is 1. The molecule has 0 aliphatic heterocycles. The highest BCUT2D eigenvalue weighted by molar-refractivity contribution is 7.99. The number of carbonyl (C=O) groups is 2. The Morgan fingerprint density at radius 1 is 0.970 bits per heavy atom. The lowest BCUT2D eigenvalue weighted by Crippen LogP contribution is -2.25. The third-order valence-electron chi connectivity index (χ3n) is 4.68. The van der Waals surface area contributed by atoms with E-state index in [0.717, 1.165) is 28.5 Å². The molecule has 0 aliphatic carbocycles. The molecule has 8 nitrogen and oxygen atoms in total. The van der Waals surface area contributed by atoms with Crippen LogP contribution in [0.4, 0.5) is 5.69 Å². The Morgan fingerprint density at radius 2 is 1.73 bits per heavy atom. The van der Waals surface area contributed by atoms with Crippen LogP contribution in [-0.2, 0) is 11.3 Å². The van der Waals surface area contributed by atoms with E-state index in [9.17, 15) is 9.59 Å². The minimum absolute atomic E-state index is 0.0529. The second-order valence-electron chi connectivity index (χ2n) is 7.16. The van der Waals surface area contributed by atoms with Crippen LogP contribution in [-0.4, -0.2) is 32.7 Å². The Labute approximate surface area is 194 Å². The first kappa shape index (κ1) is 22.2. The van der Waals surface area contributed by atoms with Crippen molar-refractivity contribution >= 4 is 29.3 Å². The Kier molecular flexibility index (Phi) is 7.11. The van der Waals surface area contributed by atoms with E-state index in [0.29, 0.717) is 23.7 Å². The average molecular weight is 460 g/mol. The Balaban J connectivity index is 1.33. The topological polar surface area (TPSA) is 110 Å². The van der Waals surface area contributed by atoms with Gasteiger partial charge in [-0.15, -0.1) is 10.2 Å². The molecule has 0 atom stereocenters. The molecule has 2 heterocycles. The van der Waals surface area contributed by atoms with E-state index in [-0.39, 0.29) is 22.8 Å². The summed E-state index contributed by atoms with van der Waals surface area (Å²) in [6.45, 7) is 2.41. The minimum Gasteiger partial charge on any atom is -0.411 e. The second-order valence-corrected chi connectivity index (χ2v) is 8.09. The predicted molar refractivity (Wildman–Crippen MR) is 126 cm³/mol. The molecule has 2 amide bonds. The summed E-state index contributed by atoms with van der Waals surface area (Å²) < 4.78 is 5.58. The van der Waals surface area contributed by atoms with Crippen LogP contribution in [0.15, 0.2) is 82.7 Å². The van der Waals surface area contributed by atoms with Crippen molar-refractivity contribution in [2.45, 2.75) is 18.7 Å². The minimum atomic E-state index is -0.289. The molecule has 9 heteroatoms. The van der Waals surface area contributed by atoms with Gasteiger partial charge in [-0.1, -0.05) is 53.7 Å². The highest BCUT2D eigenvalue weighted by atomic mass is 32.2. The Morgan fingerprint density at radius 3 is 2.52 bits per heavy atom. The molecule has 0 unspecified atom stereocenters. The smallest absolute Gasteiger partial charge is 0.277 e. The standard InChI is InChI=1S/C24H21N5O3S/c1-16-6-8-17(9-7-16)14-26-22(31)19-4-2-3-5-20(19)27-21(30)15-33-24-29-28-23(32-24)18-10-12-25-13-11-18/h2-13H,14-15H2,1H3,(H,26,31)(H,27,30). The summed E-state index contributed by atoms with van der Waals surface area (Å²) >= 11 is 1.12. The molecular weight excluding hydrogens is 438 g/mol. The lowest BCUT2D eigenvalue weighted by atomic mass is 10.1. The molecule has 4 aromatic rings. The molecule has 33 heavy (non-hydrogen) atoms. The number of aryl methyl sites for hydroxylation is 1. The predicted octanol–water partition coefficient (Wildman–Crippen LogP) is 4.10. The number of hydrogen-bond acceptors (Lipinski definition) is 7. The molecule has 0 radical (unpaired) electrons. The third-order valence-corrected chi connectivity index (χ3v) is 5.50. The van der Waals surface area contributed by atoms with Crippen molar-refractivity contribution in [1.29, 1.82) is 0 Å². The highest BCUT2D eigenvalue weighted by Crippen LogP contribution is 2.23. The Hall–Kier alpha value is -3.98. The maximum absolute atomic E-state index is 12.7. The van der Waals surface area contributed by atoms with Crippen LogP contribution >= 0.6 is 11.8 Å². The molecule has 0 bridgehead atoms. The van der Waals surface area contributed by atoms with E-state index in [1.165, 1.54) is 0 Å². The zero-order valence-corrected chi connectivity index (χ0v) is 18.6. The first-order valence-corrected chi connectivity index (χ1v) is 11.2. The highest BCUT2D eigenvalue weighted by Gasteiger charge is 2.15. The van der Waals surface area contributed by atoms with Gasteiger partial charge < -0.3 is 15.1 Å². The monoisotopic (exact) mass is 459 g/mol. The molecule has 4 rings (SSSR count). The van der Waals surface area contributed by atoms with Crippen LogP contribution in [0.1, 0.15) is 21.5 Å². The second kappa shape index (κ2) is 10.6. The number of nitrogens with one attached hydrogen (secondary N) is 2. The molecule has 2 aromatic carbocycles. The van der Waals surface area contributed by atoms with Crippen LogP contribution in [0, 0.1) is 6.92 Å². The van der Waals surface area contributed by atoms with Crippen LogP contribution in [0.2, 0.25) is 0 Å². The molecule has 0 fully saturated rings. The zero-order chi connectivity index (χ0) is 23.0. The number of aromatic nitrogens is 3. The summed E-state index contributed by atoms with van der Waals surface area (Å²) in [7, 11) is 0. The molecule has 0 aliphatic rings. The lowest BCUT2D eigenvalue weighted by Gasteiger charge is -2.11. The zero-order valence-electron chi connectivity index (χ0n) is 17.8. The molecule has 2 aromatic heterocycles. The van der Waals surface area contributed by atoms with Crippen molar-refractivity contribution in [3.8, 4) is 11.5 Å². The van der Waals surface area contributed by atoms with Gasteiger partial charge in [0.25, 0.3) is 11.1 Å². The normalized spacial score (nSPS) is 10.6. The first-order chi connectivity index (χ1) is 16.1. The number of amides is 2. The SMILES string of the molecule is Cc1ccc(CNC(=O)c2ccccc2NC(=O)CSc2nnc(-c3ccncc3)o2)cc1. The van der Waals surface area contributed by atoms with E-state index < -0.39 is 0 Å². The summed E-state index contributed by atoms with van der Waals surface area (Å²) in [5.74, 6) is -0.145. The van der Waals surface area contributed by atoms with Crippen LogP contribution in [0.3, 0.4) is 0 Å². The quantitative estimate of drug-likeness (QED) is 0.382. The summed E-state index contributed by atoms with van der Waals surface area (Å²) in [4.78, 5) is 29.1. The number of hydrogen-bond donors (Lipinski definition) is 2. The number of para-hydroxylation sites is 1. The largest absolute Gasteiger partial charge is 0.411 e. The van der Waals surface area contributed by atoms with Crippen molar-refractivity contribution < 1.29 is 14.0 Å². The molecule has 0 saturated heterocycles. The summed E-state index contributed by atoms with van der Waals surface area (Å²) in [6, 6.07) is 18.3. The van der Waals surface area contributed by atoms with Gasteiger partial charge in [0, 0.05) is 24.5 Å². The Bertz CT molecular complexity index is 1240. The fraction of sp³-hybridized carbons (Fsp3) is 0.125. The lowest BCUT2D eigenvalue weighted by molar-refractivity contribution is -0.113. The maximum atomic E-state index is 12.7. The maximum Gasteiger partial charge on any atom is 0.277 e. The van der Waals surface area contributed by atoms with Crippen molar-refractivity contribution in [3.05, 3.63) is 89.7 Å². The van der Waals surface area contributed by atoms with Gasteiger partial charge in [0.2, 0.25) is 11.8 Å². The number of nitrogens with zero attached hydrogens (tertiary/aromatic N) is 3. The van der Waals surface area contributed by atoms with E-state index in [4.69, 9.17) is 4.42 Å². The van der Waals surface area contributed by atoms with Crippen molar-refractivity contribution in [2.24, 2.45) is 0 Å². The van der Waals surface area contributed by atoms with Gasteiger partial charge in [-0.2, -0.15) is 0 Å². The van der Waals surface area contributed by atoms with Gasteiger partial charge in [0.15, 0.2) is 0 Å². The summed E-state index contributed by atoms with van der Waals surface area (Å²) in [5, 5.41) is 13.9. The van der Waals surface area contributed by atoms with Crippen LogP contribution in [0.25, 0.3) is 11.5 Å². The number of anilines is 1.